The monoisotopic (exact) mass is 413 g/mol. The fraction of sp³-hybridized carbons (Fsp3) is 0.120. The van der Waals surface area contributed by atoms with Crippen molar-refractivity contribution in [1.29, 1.82) is 0 Å². The second-order valence-corrected chi connectivity index (χ2v) is 7.36. The molecule has 0 saturated carbocycles. The minimum atomic E-state index is -0.823. The lowest BCUT2D eigenvalue weighted by atomic mass is 10.0. The highest BCUT2D eigenvalue weighted by molar-refractivity contribution is 6.06. The zero-order valence-corrected chi connectivity index (χ0v) is 16.9. The second kappa shape index (κ2) is 8.85. The minimum absolute atomic E-state index is 0.0213. The van der Waals surface area contributed by atoms with Crippen LogP contribution in [0.15, 0.2) is 85.1 Å². The number of nitrogens with zero attached hydrogens (tertiary/aromatic N) is 1. The summed E-state index contributed by atoms with van der Waals surface area (Å²) in [7, 11) is 0. The number of amides is 2. The number of hydrogen-bond donors (Lipinski definition) is 3. The van der Waals surface area contributed by atoms with E-state index < -0.39 is 12.0 Å². The molecule has 0 aliphatic carbocycles. The number of fused-ring (bicyclic) bond motifs is 1. The fourth-order valence-electron chi connectivity index (χ4n) is 3.64. The molecule has 1 atom stereocenters. The van der Waals surface area contributed by atoms with E-state index in [0.717, 1.165) is 22.2 Å². The van der Waals surface area contributed by atoms with Gasteiger partial charge < -0.3 is 20.7 Å². The second-order valence-electron chi connectivity index (χ2n) is 7.36. The largest absolute Gasteiger partial charge is 0.387 e. The Bertz CT molecular complexity index is 1210. The van der Waals surface area contributed by atoms with Crippen LogP contribution in [0.25, 0.3) is 22.0 Å². The van der Waals surface area contributed by atoms with Gasteiger partial charge in [0.2, 0.25) is 5.91 Å². The van der Waals surface area contributed by atoms with E-state index in [2.05, 4.69) is 5.32 Å². The topological polar surface area (TPSA) is 97.4 Å². The van der Waals surface area contributed by atoms with E-state index in [-0.39, 0.29) is 19.0 Å². The van der Waals surface area contributed by atoms with Crippen LogP contribution in [0.4, 0.5) is 0 Å². The number of carbonyl (C=O) groups excluding carboxylic acids is 2. The summed E-state index contributed by atoms with van der Waals surface area (Å²) in [5.74, 6) is -0.804. The van der Waals surface area contributed by atoms with Crippen molar-refractivity contribution in [2.24, 2.45) is 5.73 Å². The van der Waals surface area contributed by atoms with Crippen molar-refractivity contribution < 1.29 is 14.7 Å². The highest BCUT2D eigenvalue weighted by atomic mass is 16.3. The molecule has 1 heterocycles. The third-order valence-electron chi connectivity index (χ3n) is 5.26. The van der Waals surface area contributed by atoms with Crippen LogP contribution in [-0.4, -0.2) is 28.0 Å². The van der Waals surface area contributed by atoms with Gasteiger partial charge in [-0.1, -0.05) is 72.8 Å². The smallest absolute Gasteiger partial charge is 0.250 e. The zero-order chi connectivity index (χ0) is 21.8. The third kappa shape index (κ3) is 4.49. The first-order chi connectivity index (χ1) is 15.0. The Hall–Kier alpha value is -3.90. The molecule has 0 saturated heterocycles. The maximum absolute atomic E-state index is 12.5. The molecule has 1 unspecified atom stereocenters. The molecule has 6 nitrogen and oxygen atoms in total. The van der Waals surface area contributed by atoms with Crippen molar-refractivity contribution in [3.05, 3.63) is 96.2 Å². The quantitative estimate of drug-likeness (QED) is 0.434. The molecule has 156 valence electrons. The predicted octanol–water partition coefficient (Wildman–Crippen LogP) is 3.26. The van der Waals surface area contributed by atoms with Crippen LogP contribution >= 0.6 is 0 Å². The molecule has 4 aromatic rings. The van der Waals surface area contributed by atoms with Crippen molar-refractivity contribution in [3.8, 4) is 11.1 Å². The molecule has 4 rings (SSSR count). The van der Waals surface area contributed by atoms with Gasteiger partial charge in [-0.2, -0.15) is 0 Å². The molecule has 0 spiro atoms. The fourth-order valence-corrected chi connectivity index (χ4v) is 3.64. The van der Waals surface area contributed by atoms with Crippen LogP contribution in [0.5, 0.6) is 0 Å². The number of aliphatic hydroxyl groups is 1. The molecule has 4 N–H and O–H groups in total. The Morgan fingerprint density at radius 3 is 2.26 bits per heavy atom. The number of benzene rings is 3. The Morgan fingerprint density at radius 2 is 1.55 bits per heavy atom. The molecule has 6 heteroatoms. The van der Waals surface area contributed by atoms with Crippen LogP contribution in [0.3, 0.4) is 0 Å². The summed E-state index contributed by atoms with van der Waals surface area (Å²) >= 11 is 0. The van der Waals surface area contributed by atoms with Gasteiger partial charge in [-0.3, -0.25) is 9.59 Å². The number of aliphatic hydroxyl groups excluding tert-OH is 1. The lowest BCUT2D eigenvalue weighted by Crippen LogP contribution is -2.31. The van der Waals surface area contributed by atoms with Gasteiger partial charge in [0.05, 0.1) is 11.7 Å². The molecule has 0 aliphatic heterocycles. The molecule has 2 amide bonds. The average molecular weight is 413 g/mol. The first-order valence-electron chi connectivity index (χ1n) is 10.0. The number of nitrogens with one attached hydrogen (secondary N) is 1. The molecule has 1 aromatic heterocycles. The number of primary amides is 1. The first kappa shape index (κ1) is 20.4. The van der Waals surface area contributed by atoms with Crippen molar-refractivity contribution in [2.75, 3.05) is 6.54 Å². The summed E-state index contributed by atoms with van der Waals surface area (Å²) in [4.78, 5) is 24.1. The van der Waals surface area contributed by atoms with Crippen molar-refractivity contribution in [3.63, 3.8) is 0 Å². The van der Waals surface area contributed by atoms with Crippen molar-refractivity contribution in [1.82, 2.24) is 9.88 Å². The first-order valence-corrected chi connectivity index (χ1v) is 10.0. The molecule has 31 heavy (non-hydrogen) atoms. The normalized spacial score (nSPS) is 11.9. The van der Waals surface area contributed by atoms with Gasteiger partial charge in [-0.15, -0.1) is 0 Å². The van der Waals surface area contributed by atoms with Crippen molar-refractivity contribution >= 4 is 22.7 Å². The van der Waals surface area contributed by atoms with E-state index in [1.165, 1.54) is 0 Å². The highest BCUT2D eigenvalue weighted by Gasteiger charge is 2.15. The van der Waals surface area contributed by atoms with Gasteiger partial charge in [0.25, 0.3) is 5.91 Å². The minimum Gasteiger partial charge on any atom is -0.387 e. The molecular formula is C25H23N3O3. The van der Waals surface area contributed by atoms with Crippen LogP contribution in [0, 0.1) is 0 Å². The lowest BCUT2D eigenvalue weighted by molar-refractivity contribution is -0.122. The predicted molar refractivity (Wildman–Crippen MR) is 120 cm³/mol. The standard InChI is InChI=1S/C25H23N3O3/c26-25(31)21-15-28(22-9-5-4-8-20(21)22)16-24(30)27-14-23(29)19-12-10-18(11-13-19)17-6-2-1-3-7-17/h1-13,15,23,29H,14,16H2,(H2,26,31)(H,27,30). The Morgan fingerprint density at radius 1 is 0.903 bits per heavy atom. The molecule has 0 aliphatic rings. The van der Waals surface area contributed by atoms with Crippen LogP contribution in [0.1, 0.15) is 22.0 Å². The third-order valence-corrected chi connectivity index (χ3v) is 5.26. The van der Waals surface area contributed by atoms with E-state index in [4.69, 9.17) is 5.73 Å². The summed E-state index contributed by atoms with van der Waals surface area (Å²) in [6.45, 7) is 0.110. The number of para-hydroxylation sites is 1. The van der Waals surface area contributed by atoms with Crippen LogP contribution < -0.4 is 11.1 Å². The zero-order valence-electron chi connectivity index (χ0n) is 16.9. The van der Waals surface area contributed by atoms with E-state index in [1.54, 1.807) is 16.8 Å². The Balaban J connectivity index is 1.39. The maximum atomic E-state index is 12.5. The van der Waals surface area contributed by atoms with Gasteiger partial charge in [-0.25, -0.2) is 0 Å². The summed E-state index contributed by atoms with van der Waals surface area (Å²) in [6.07, 6.45) is 0.766. The summed E-state index contributed by atoms with van der Waals surface area (Å²) < 4.78 is 1.69. The molecule has 3 aromatic carbocycles. The SMILES string of the molecule is NC(=O)c1cn(CC(=O)NCC(O)c2ccc(-c3ccccc3)cc2)c2ccccc12. The highest BCUT2D eigenvalue weighted by Crippen LogP contribution is 2.22. The van der Waals surface area contributed by atoms with E-state index in [0.29, 0.717) is 10.9 Å². The van der Waals surface area contributed by atoms with Crippen LogP contribution in [0.2, 0.25) is 0 Å². The number of aromatic nitrogens is 1. The van der Waals surface area contributed by atoms with Gasteiger partial charge >= 0.3 is 0 Å². The molecule has 0 radical (unpaired) electrons. The van der Waals surface area contributed by atoms with E-state index >= 15 is 0 Å². The Labute approximate surface area is 179 Å². The number of nitrogens with two attached hydrogens (primary N) is 1. The summed E-state index contributed by atoms with van der Waals surface area (Å²) in [5, 5.41) is 13.9. The van der Waals surface area contributed by atoms with Gasteiger partial charge in [0, 0.05) is 23.6 Å². The average Bonchev–Trinajstić information content (AvgIpc) is 3.17. The molecule has 0 fully saturated rings. The van der Waals surface area contributed by atoms with E-state index in [9.17, 15) is 14.7 Å². The Kier molecular flexibility index (Phi) is 5.82. The summed E-state index contributed by atoms with van der Waals surface area (Å²) in [6, 6.07) is 24.9. The van der Waals surface area contributed by atoms with Crippen molar-refractivity contribution in [2.45, 2.75) is 12.6 Å². The number of rotatable bonds is 7. The van der Waals surface area contributed by atoms with E-state index in [1.807, 2.05) is 72.8 Å². The molecular weight excluding hydrogens is 390 g/mol. The van der Waals surface area contributed by atoms with Gasteiger partial charge in [-0.05, 0) is 22.8 Å². The van der Waals surface area contributed by atoms with Crippen LogP contribution in [-0.2, 0) is 11.3 Å². The van der Waals surface area contributed by atoms with Gasteiger partial charge in [0.1, 0.15) is 6.54 Å². The van der Waals surface area contributed by atoms with Gasteiger partial charge in [0.15, 0.2) is 0 Å². The number of carbonyl (C=O) groups is 2. The summed E-state index contributed by atoms with van der Waals surface area (Å²) in [5.41, 5.74) is 9.47. The molecule has 0 bridgehead atoms. The maximum Gasteiger partial charge on any atom is 0.250 e. The lowest BCUT2D eigenvalue weighted by Gasteiger charge is -2.13. The number of hydrogen-bond acceptors (Lipinski definition) is 3.